The van der Waals surface area contributed by atoms with Crippen molar-refractivity contribution in [2.24, 2.45) is 0 Å². The van der Waals surface area contributed by atoms with Crippen LogP contribution in [-0.2, 0) is 0 Å². The van der Waals surface area contributed by atoms with E-state index in [2.05, 4.69) is 36.8 Å². The number of anilines is 1. The van der Waals surface area contributed by atoms with E-state index in [1.54, 1.807) is 31.5 Å². The topological polar surface area (TPSA) is 57.4 Å². The number of pyridine rings is 1. The van der Waals surface area contributed by atoms with Gasteiger partial charge in [0.15, 0.2) is 11.5 Å². The van der Waals surface area contributed by atoms with Gasteiger partial charge < -0.3 is 15.2 Å². The molecule has 0 saturated carbocycles. The average molecular weight is 374 g/mol. The van der Waals surface area contributed by atoms with Crippen molar-refractivity contribution in [3.8, 4) is 17.4 Å². The largest absolute Gasteiger partial charge is 0.493 e. The van der Waals surface area contributed by atoms with E-state index in [4.69, 9.17) is 15.2 Å². The molecular formula is C12H10Br2N2O2. The number of methoxy groups -OCH3 is 1. The van der Waals surface area contributed by atoms with Crippen molar-refractivity contribution in [1.82, 2.24) is 4.98 Å². The van der Waals surface area contributed by atoms with Gasteiger partial charge in [-0.1, -0.05) is 0 Å². The highest BCUT2D eigenvalue weighted by Crippen LogP contribution is 2.35. The molecule has 0 aliphatic rings. The second kappa shape index (κ2) is 5.58. The van der Waals surface area contributed by atoms with Gasteiger partial charge in [0.2, 0.25) is 5.88 Å². The van der Waals surface area contributed by atoms with E-state index in [-0.39, 0.29) is 0 Å². The van der Waals surface area contributed by atoms with Crippen LogP contribution in [0.5, 0.6) is 17.4 Å². The van der Waals surface area contributed by atoms with Crippen LogP contribution in [0.4, 0.5) is 5.69 Å². The van der Waals surface area contributed by atoms with Crippen LogP contribution in [0.1, 0.15) is 0 Å². The number of nitrogen functional groups attached to an aromatic ring is 1. The first-order valence-corrected chi connectivity index (χ1v) is 6.61. The maximum absolute atomic E-state index is 5.68. The Balaban J connectivity index is 2.33. The lowest BCUT2D eigenvalue weighted by atomic mass is 10.3. The number of ether oxygens (including phenoxy) is 2. The van der Waals surface area contributed by atoms with Gasteiger partial charge in [0.1, 0.15) is 0 Å². The van der Waals surface area contributed by atoms with Gasteiger partial charge in [-0.15, -0.1) is 0 Å². The Morgan fingerprint density at radius 1 is 1.17 bits per heavy atom. The maximum Gasteiger partial charge on any atom is 0.233 e. The van der Waals surface area contributed by atoms with Gasteiger partial charge >= 0.3 is 0 Å². The van der Waals surface area contributed by atoms with Crippen molar-refractivity contribution in [1.29, 1.82) is 0 Å². The van der Waals surface area contributed by atoms with Gasteiger partial charge in [-0.05, 0) is 50.1 Å². The van der Waals surface area contributed by atoms with E-state index < -0.39 is 0 Å². The Hall–Kier alpha value is -1.27. The molecule has 1 aromatic carbocycles. The van der Waals surface area contributed by atoms with E-state index in [9.17, 15) is 0 Å². The Labute approximate surface area is 121 Å². The molecule has 18 heavy (non-hydrogen) atoms. The van der Waals surface area contributed by atoms with Crippen molar-refractivity contribution in [3.05, 3.63) is 39.4 Å². The summed E-state index contributed by atoms with van der Waals surface area (Å²) in [6.07, 6.45) is 1.66. The van der Waals surface area contributed by atoms with E-state index in [1.165, 1.54) is 0 Å². The molecule has 0 saturated heterocycles. The third-order valence-corrected chi connectivity index (χ3v) is 3.17. The number of aromatic nitrogens is 1. The molecule has 2 aromatic rings. The minimum atomic E-state index is 0.460. The van der Waals surface area contributed by atoms with Crippen LogP contribution in [0.15, 0.2) is 39.4 Å². The fourth-order valence-corrected chi connectivity index (χ4v) is 2.42. The van der Waals surface area contributed by atoms with Crippen LogP contribution in [0.3, 0.4) is 0 Å². The first-order chi connectivity index (χ1) is 8.60. The minimum Gasteiger partial charge on any atom is -0.493 e. The summed E-state index contributed by atoms with van der Waals surface area (Å²) in [5.41, 5.74) is 6.29. The van der Waals surface area contributed by atoms with Crippen LogP contribution < -0.4 is 15.2 Å². The molecule has 0 spiro atoms. The lowest BCUT2D eigenvalue weighted by Crippen LogP contribution is -1.94. The van der Waals surface area contributed by atoms with Crippen molar-refractivity contribution < 1.29 is 9.47 Å². The monoisotopic (exact) mass is 372 g/mol. The summed E-state index contributed by atoms with van der Waals surface area (Å²) in [7, 11) is 1.56. The molecule has 94 valence electrons. The third kappa shape index (κ3) is 2.94. The Bertz CT molecular complexity index is 576. The quantitative estimate of drug-likeness (QED) is 0.826. The second-order valence-electron chi connectivity index (χ2n) is 3.45. The predicted molar refractivity (Wildman–Crippen MR) is 77.1 cm³/mol. The first kappa shape index (κ1) is 13.2. The number of benzene rings is 1. The average Bonchev–Trinajstić information content (AvgIpc) is 2.34. The zero-order valence-corrected chi connectivity index (χ0v) is 12.7. The maximum atomic E-state index is 5.68. The molecule has 0 aliphatic carbocycles. The summed E-state index contributed by atoms with van der Waals surface area (Å²) in [6, 6.07) is 7.03. The van der Waals surface area contributed by atoms with Crippen molar-refractivity contribution in [3.63, 3.8) is 0 Å². The van der Waals surface area contributed by atoms with Crippen molar-refractivity contribution in [2.75, 3.05) is 12.8 Å². The molecule has 1 heterocycles. The summed E-state index contributed by atoms with van der Waals surface area (Å²) in [4.78, 5) is 4.17. The molecule has 0 fully saturated rings. The zero-order valence-electron chi connectivity index (χ0n) is 9.48. The molecular weight excluding hydrogens is 364 g/mol. The molecule has 0 aliphatic heterocycles. The summed E-state index contributed by atoms with van der Waals surface area (Å²) >= 11 is 6.71. The van der Waals surface area contributed by atoms with Crippen LogP contribution in [0.2, 0.25) is 0 Å². The smallest absolute Gasteiger partial charge is 0.233 e. The first-order valence-electron chi connectivity index (χ1n) is 5.02. The number of hydrogen-bond acceptors (Lipinski definition) is 4. The highest BCUT2D eigenvalue weighted by molar-refractivity contribution is 9.11. The highest BCUT2D eigenvalue weighted by atomic mass is 79.9. The summed E-state index contributed by atoms with van der Waals surface area (Å²) in [6.45, 7) is 0. The standard InChI is InChI=1S/C12H10Br2N2O2/c1-17-11-5-8(15)2-3-10(11)18-12-9(14)4-7(13)6-16-12/h2-6H,15H2,1H3. The van der Waals surface area contributed by atoms with Gasteiger partial charge in [-0.2, -0.15) is 0 Å². The lowest BCUT2D eigenvalue weighted by Gasteiger charge is -2.11. The van der Waals surface area contributed by atoms with E-state index >= 15 is 0 Å². The minimum absolute atomic E-state index is 0.460. The van der Waals surface area contributed by atoms with Crippen molar-refractivity contribution in [2.45, 2.75) is 0 Å². The number of halogens is 2. The second-order valence-corrected chi connectivity index (χ2v) is 5.22. The van der Waals surface area contributed by atoms with Crippen LogP contribution in [0, 0.1) is 0 Å². The van der Waals surface area contributed by atoms with Gasteiger partial charge in [0.25, 0.3) is 0 Å². The highest BCUT2D eigenvalue weighted by Gasteiger charge is 2.09. The molecule has 2 rings (SSSR count). The van der Waals surface area contributed by atoms with E-state index in [0.717, 1.165) is 8.95 Å². The van der Waals surface area contributed by atoms with E-state index in [0.29, 0.717) is 23.1 Å². The van der Waals surface area contributed by atoms with Gasteiger partial charge in [-0.25, -0.2) is 4.98 Å². The summed E-state index contributed by atoms with van der Waals surface area (Å²) in [5, 5.41) is 0. The van der Waals surface area contributed by atoms with Crippen molar-refractivity contribution >= 4 is 37.5 Å². The summed E-state index contributed by atoms with van der Waals surface area (Å²) in [5.74, 6) is 1.58. The Morgan fingerprint density at radius 3 is 2.61 bits per heavy atom. The molecule has 0 atom stereocenters. The fraction of sp³-hybridized carbons (Fsp3) is 0.0833. The molecule has 4 nitrogen and oxygen atoms in total. The molecule has 0 radical (unpaired) electrons. The SMILES string of the molecule is COc1cc(N)ccc1Oc1ncc(Br)cc1Br. The molecule has 2 N–H and O–H groups in total. The predicted octanol–water partition coefficient (Wildman–Crippen LogP) is 3.99. The van der Waals surface area contributed by atoms with Gasteiger partial charge in [0, 0.05) is 22.4 Å². The Morgan fingerprint density at radius 2 is 1.94 bits per heavy atom. The molecule has 0 amide bonds. The molecule has 0 bridgehead atoms. The van der Waals surface area contributed by atoms with Crippen LogP contribution in [0.25, 0.3) is 0 Å². The van der Waals surface area contributed by atoms with Crippen LogP contribution >= 0.6 is 31.9 Å². The number of nitrogens with zero attached hydrogens (tertiary/aromatic N) is 1. The number of nitrogens with two attached hydrogens (primary N) is 1. The van der Waals surface area contributed by atoms with Gasteiger partial charge in [-0.3, -0.25) is 0 Å². The Kier molecular flexibility index (Phi) is 4.08. The molecule has 6 heteroatoms. The molecule has 1 aromatic heterocycles. The number of rotatable bonds is 3. The normalized spacial score (nSPS) is 10.2. The molecule has 0 unspecified atom stereocenters. The summed E-state index contributed by atoms with van der Waals surface area (Å²) < 4.78 is 12.5. The number of hydrogen-bond donors (Lipinski definition) is 1. The van der Waals surface area contributed by atoms with Crippen LogP contribution in [-0.4, -0.2) is 12.1 Å². The lowest BCUT2D eigenvalue weighted by molar-refractivity contribution is 0.373. The third-order valence-electron chi connectivity index (χ3n) is 2.17. The van der Waals surface area contributed by atoms with Gasteiger partial charge in [0.05, 0.1) is 11.6 Å². The van der Waals surface area contributed by atoms with E-state index in [1.807, 2.05) is 6.07 Å². The fourth-order valence-electron chi connectivity index (χ4n) is 1.35. The zero-order chi connectivity index (χ0) is 13.1.